The van der Waals surface area contributed by atoms with Crippen LogP contribution in [0, 0.1) is 5.82 Å². The first-order valence-electron chi connectivity index (χ1n) is 11.2. The summed E-state index contributed by atoms with van der Waals surface area (Å²) in [4.78, 5) is 14.8. The van der Waals surface area contributed by atoms with Crippen LogP contribution in [0.25, 0.3) is 6.08 Å². The lowest BCUT2D eigenvalue weighted by molar-refractivity contribution is -0.124. The molecule has 4 rings (SSSR count). The zero-order valence-corrected chi connectivity index (χ0v) is 20.8. The second-order valence-corrected chi connectivity index (χ2v) is 9.34. The van der Waals surface area contributed by atoms with Crippen LogP contribution in [0.15, 0.2) is 46.6 Å². The molecule has 1 N–H and O–H groups in total. The third kappa shape index (κ3) is 5.38. The van der Waals surface area contributed by atoms with Gasteiger partial charge in [0.25, 0.3) is 5.91 Å². The van der Waals surface area contributed by atoms with Crippen molar-refractivity contribution >= 4 is 45.2 Å². The molecule has 1 amide bonds. The maximum atomic E-state index is 14.0. The number of rotatable bonds is 7. The fraction of sp³-hybridized carbons (Fsp3) is 0.360. The molecule has 2 aromatic carbocycles. The molecule has 0 radical (unpaired) electrons. The Labute approximate surface area is 207 Å². The van der Waals surface area contributed by atoms with Gasteiger partial charge in [-0.25, -0.2) is 4.39 Å². The van der Waals surface area contributed by atoms with E-state index < -0.39 is 0 Å². The Balaban J connectivity index is 1.57. The smallest absolute Gasteiger partial charge is 0.276 e. The predicted octanol–water partition coefficient (Wildman–Crippen LogP) is 5.96. The van der Waals surface area contributed by atoms with E-state index in [1.807, 2.05) is 13.0 Å². The Kier molecular flexibility index (Phi) is 7.65. The Morgan fingerprint density at radius 3 is 2.70 bits per heavy atom. The van der Waals surface area contributed by atoms with E-state index in [9.17, 15) is 9.18 Å². The molecule has 1 aliphatic carbocycles. The highest BCUT2D eigenvalue weighted by molar-refractivity contribution is 9.10. The Bertz CT molecular complexity index is 1090. The highest BCUT2D eigenvalue weighted by Gasteiger charge is 2.36. The van der Waals surface area contributed by atoms with Gasteiger partial charge in [-0.2, -0.15) is 0 Å². The van der Waals surface area contributed by atoms with Crippen molar-refractivity contribution in [1.29, 1.82) is 0 Å². The van der Waals surface area contributed by atoms with Gasteiger partial charge in [-0.05, 0) is 77.8 Å². The highest BCUT2D eigenvalue weighted by atomic mass is 79.9. The molecule has 0 unspecified atom stereocenters. The molecule has 1 saturated carbocycles. The van der Waals surface area contributed by atoms with Crippen LogP contribution < -0.4 is 14.8 Å². The molecule has 2 aliphatic rings. The molecular weight excluding hydrogens is 507 g/mol. The fourth-order valence-electron chi connectivity index (χ4n) is 4.23. The average molecular weight is 533 g/mol. The van der Waals surface area contributed by atoms with E-state index in [1.54, 1.807) is 35.2 Å². The van der Waals surface area contributed by atoms with Gasteiger partial charge in [0.15, 0.2) is 16.6 Å². The van der Waals surface area contributed by atoms with E-state index >= 15 is 0 Å². The largest absolute Gasteiger partial charge is 0.490 e. The Morgan fingerprint density at radius 1 is 1.21 bits per heavy atom. The number of ether oxygens (including phenoxy) is 2. The first-order chi connectivity index (χ1) is 16.0. The zero-order valence-electron chi connectivity index (χ0n) is 18.4. The molecule has 174 valence electrons. The average Bonchev–Trinajstić information content (AvgIpc) is 3.07. The third-order valence-electron chi connectivity index (χ3n) is 5.82. The van der Waals surface area contributed by atoms with Crippen LogP contribution >= 0.6 is 28.1 Å². The number of carbonyl (C=O) groups excluding carboxylic acids is 1. The second kappa shape index (κ2) is 10.7. The van der Waals surface area contributed by atoms with E-state index in [1.165, 1.54) is 12.5 Å². The van der Waals surface area contributed by atoms with Crippen molar-refractivity contribution in [3.63, 3.8) is 0 Å². The number of hydrogen-bond acceptors (Lipinski definition) is 4. The lowest BCUT2D eigenvalue weighted by Gasteiger charge is -2.29. The first kappa shape index (κ1) is 23.7. The van der Waals surface area contributed by atoms with Crippen LogP contribution in [-0.2, 0) is 11.4 Å². The second-order valence-electron chi connectivity index (χ2n) is 8.10. The first-order valence-corrected chi connectivity index (χ1v) is 12.4. The van der Waals surface area contributed by atoms with Crippen LogP contribution in [0.1, 0.15) is 50.2 Å². The van der Waals surface area contributed by atoms with Gasteiger partial charge in [-0.3, -0.25) is 9.69 Å². The Morgan fingerprint density at radius 2 is 1.97 bits per heavy atom. The van der Waals surface area contributed by atoms with Crippen molar-refractivity contribution in [2.45, 2.75) is 51.7 Å². The molecule has 1 aliphatic heterocycles. The molecule has 8 heteroatoms. The standard InChI is InChI=1S/C25H26BrFN2O3S/c1-2-31-22-14-16(12-19(26)23(22)32-15-17-8-6-7-11-20(17)27)13-21-24(30)29(25(33)28-21)18-9-4-3-5-10-18/h6-8,11-14,18H,2-5,9-10,15H2,1H3,(H,28,33)/b21-13-. The minimum absolute atomic E-state index is 0.0659. The molecule has 0 bridgehead atoms. The van der Waals surface area contributed by atoms with Crippen molar-refractivity contribution in [3.8, 4) is 11.5 Å². The van der Waals surface area contributed by atoms with Crippen LogP contribution in [-0.4, -0.2) is 28.6 Å². The van der Waals surface area contributed by atoms with Gasteiger partial charge in [0.05, 0.1) is 11.1 Å². The maximum absolute atomic E-state index is 14.0. The quantitative estimate of drug-likeness (QED) is 0.352. The van der Waals surface area contributed by atoms with E-state index in [4.69, 9.17) is 21.7 Å². The fourth-order valence-corrected chi connectivity index (χ4v) is 5.14. The van der Waals surface area contributed by atoms with Crippen molar-refractivity contribution in [1.82, 2.24) is 10.2 Å². The topological polar surface area (TPSA) is 50.8 Å². The molecule has 2 fully saturated rings. The number of benzene rings is 2. The lowest BCUT2D eigenvalue weighted by atomic mass is 9.94. The van der Waals surface area contributed by atoms with E-state index in [0.29, 0.717) is 39.0 Å². The lowest BCUT2D eigenvalue weighted by Crippen LogP contribution is -2.41. The van der Waals surface area contributed by atoms with E-state index in [0.717, 1.165) is 31.2 Å². The van der Waals surface area contributed by atoms with Crippen molar-refractivity contribution < 1.29 is 18.7 Å². The summed E-state index contributed by atoms with van der Waals surface area (Å²) in [6.45, 7) is 2.37. The summed E-state index contributed by atoms with van der Waals surface area (Å²) >= 11 is 9.01. The highest BCUT2D eigenvalue weighted by Crippen LogP contribution is 2.38. The predicted molar refractivity (Wildman–Crippen MR) is 133 cm³/mol. The van der Waals surface area contributed by atoms with Gasteiger partial charge in [-0.1, -0.05) is 37.5 Å². The van der Waals surface area contributed by atoms with Gasteiger partial charge in [0.1, 0.15) is 18.1 Å². The van der Waals surface area contributed by atoms with Crippen LogP contribution in [0.5, 0.6) is 11.5 Å². The van der Waals surface area contributed by atoms with Gasteiger partial charge in [0.2, 0.25) is 0 Å². The number of halogens is 2. The van der Waals surface area contributed by atoms with Crippen LogP contribution in [0.4, 0.5) is 4.39 Å². The SMILES string of the molecule is CCOc1cc(/C=C2\NC(=S)N(C3CCCCC3)C2=O)cc(Br)c1OCc1ccccc1F. The summed E-state index contributed by atoms with van der Waals surface area (Å²) in [5.74, 6) is 0.567. The molecule has 0 atom stereocenters. The monoisotopic (exact) mass is 532 g/mol. The summed E-state index contributed by atoms with van der Waals surface area (Å²) < 4.78 is 26.3. The van der Waals surface area contributed by atoms with Gasteiger partial charge >= 0.3 is 0 Å². The van der Waals surface area contributed by atoms with E-state index in [2.05, 4.69) is 21.2 Å². The van der Waals surface area contributed by atoms with Gasteiger partial charge < -0.3 is 14.8 Å². The van der Waals surface area contributed by atoms with Crippen molar-refractivity contribution in [2.75, 3.05) is 6.61 Å². The molecular formula is C25H26BrFN2O3S. The molecule has 5 nitrogen and oxygen atoms in total. The number of amides is 1. The summed E-state index contributed by atoms with van der Waals surface area (Å²) in [6.07, 6.45) is 7.18. The molecule has 1 heterocycles. The van der Waals surface area contributed by atoms with Gasteiger partial charge in [0, 0.05) is 11.6 Å². The molecule has 1 saturated heterocycles. The summed E-state index contributed by atoms with van der Waals surface area (Å²) in [5.41, 5.74) is 1.66. The summed E-state index contributed by atoms with van der Waals surface area (Å²) in [5, 5.41) is 3.54. The molecule has 0 aromatic heterocycles. The molecule has 2 aromatic rings. The normalized spacial score (nSPS) is 18.0. The molecule has 33 heavy (non-hydrogen) atoms. The minimum Gasteiger partial charge on any atom is -0.490 e. The van der Waals surface area contributed by atoms with Crippen molar-refractivity contribution in [2.24, 2.45) is 0 Å². The van der Waals surface area contributed by atoms with Gasteiger partial charge in [-0.15, -0.1) is 0 Å². The van der Waals surface area contributed by atoms with Crippen LogP contribution in [0.3, 0.4) is 0 Å². The number of thiocarbonyl (C=S) groups is 1. The van der Waals surface area contributed by atoms with Crippen molar-refractivity contribution in [3.05, 3.63) is 63.5 Å². The summed E-state index contributed by atoms with van der Waals surface area (Å²) in [6, 6.07) is 10.3. The number of carbonyl (C=O) groups is 1. The minimum atomic E-state index is -0.322. The maximum Gasteiger partial charge on any atom is 0.276 e. The molecule has 0 spiro atoms. The number of hydrogen-bond donors (Lipinski definition) is 1. The summed E-state index contributed by atoms with van der Waals surface area (Å²) in [7, 11) is 0. The number of nitrogens with one attached hydrogen (secondary N) is 1. The van der Waals surface area contributed by atoms with Crippen LogP contribution in [0.2, 0.25) is 0 Å². The van der Waals surface area contributed by atoms with E-state index in [-0.39, 0.29) is 24.4 Å². The zero-order chi connectivity index (χ0) is 23.4. The Hall–Kier alpha value is -2.45. The number of nitrogens with zero attached hydrogens (tertiary/aromatic N) is 1. The third-order valence-corrected chi connectivity index (χ3v) is 6.71.